The standard InChI is InChI=1S/C11H9BrClNO/c1-6-3-9(13)7-4-8(12)11(15-2)5-10(7)14-6/h3-5H,1-2H3. The van der Waals surface area contributed by atoms with Crippen LogP contribution < -0.4 is 4.74 Å². The molecule has 0 saturated carbocycles. The molecule has 78 valence electrons. The van der Waals surface area contributed by atoms with Gasteiger partial charge in [-0.2, -0.15) is 0 Å². The number of ether oxygens (including phenoxy) is 1. The van der Waals surface area contributed by atoms with Crippen molar-refractivity contribution in [1.29, 1.82) is 0 Å². The smallest absolute Gasteiger partial charge is 0.135 e. The third-order valence-corrected chi connectivity index (χ3v) is 3.09. The molecule has 2 nitrogen and oxygen atoms in total. The average molecular weight is 287 g/mol. The number of hydrogen-bond acceptors (Lipinski definition) is 2. The van der Waals surface area contributed by atoms with Crippen molar-refractivity contribution >= 4 is 38.4 Å². The molecule has 0 N–H and O–H groups in total. The molecule has 0 aliphatic rings. The SMILES string of the molecule is COc1cc2nc(C)cc(Cl)c2cc1Br. The first-order valence-electron chi connectivity index (χ1n) is 4.42. The van der Waals surface area contributed by atoms with Gasteiger partial charge in [-0.3, -0.25) is 4.98 Å². The Morgan fingerprint density at radius 3 is 2.73 bits per heavy atom. The zero-order valence-electron chi connectivity index (χ0n) is 8.34. The topological polar surface area (TPSA) is 22.1 Å². The Bertz CT molecular complexity index is 527. The first-order valence-corrected chi connectivity index (χ1v) is 5.59. The molecule has 2 aromatic rings. The van der Waals surface area contributed by atoms with E-state index in [-0.39, 0.29) is 0 Å². The van der Waals surface area contributed by atoms with E-state index in [0.29, 0.717) is 5.02 Å². The third-order valence-electron chi connectivity index (χ3n) is 2.16. The van der Waals surface area contributed by atoms with Crippen molar-refractivity contribution in [3.05, 3.63) is 33.4 Å². The summed E-state index contributed by atoms with van der Waals surface area (Å²) < 4.78 is 6.08. The number of benzene rings is 1. The Balaban J connectivity index is 2.81. The number of methoxy groups -OCH3 is 1. The van der Waals surface area contributed by atoms with Crippen molar-refractivity contribution < 1.29 is 4.74 Å². The Kier molecular flexibility index (Phi) is 2.85. The number of nitrogens with zero attached hydrogens (tertiary/aromatic N) is 1. The number of hydrogen-bond donors (Lipinski definition) is 0. The van der Waals surface area contributed by atoms with Crippen molar-refractivity contribution in [3.8, 4) is 5.75 Å². The van der Waals surface area contributed by atoms with Crippen LogP contribution in [0, 0.1) is 6.92 Å². The largest absolute Gasteiger partial charge is 0.495 e. The minimum atomic E-state index is 0.709. The van der Waals surface area contributed by atoms with Crippen molar-refractivity contribution in [1.82, 2.24) is 4.98 Å². The molecule has 0 atom stereocenters. The molecule has 0 unspecified atom stereocenters. The second-order valence-corrected chi connectivity index (χ2v) is 4.51. The summed E-state index contributed by atoms with van der Waals surface area (Å²) in [6.45, 7) is 1.92. The number of pyridine rings is 1. The van der Waals surface area contributed by atoms with Crippen LogP contribution in [-0.2, 0) is 0 Å². The van der Waals surface area contributed by atoms with E-state index >= 15 is 0 Å². The molecule has 4 heteroatoms. The number of rotatable bonds is 1. The Morgan fingerprint density at radius 2 is 2.07 bits per heavy atom. The van der Waals surface area contributed by atoms with E-state index in [1.54, 1.807) is 7.11 Å². The first kappa shape index (κ1) is 10.7. The lowest BCUT2D eigenvalue weighted by Gasteiger charge is -2.07. The van der Waals surface area contributed by atoms with Crippen LogP contribution in [0.2, 0.25) is 5.02 Å². The molecule has 1 aromatic heterocycles. The number of aryl methyl sites for hydroxylation is 1. The van der Waals surface area contributed by atoms with E-state index in [1.165, 1.54) is 0 Å². The van der Waals surface area contributed by atoms with Crippen LogP contribution in [0.5, 0.6) is 5.75 Å². The van der Waals surface area contributed by atoms with Gasteiger partial charge in [0, 0.05) is 17.1 Å². The normalized spacial score (nSPS) is 10.7. The highest BCUT2D eigenvalue weighted by Crippen LogP contribution is 2.32. The van der Waals surface area contributed by atoms with E-state index < -0.39 is 0 Å². The second kappa shape index (κ2) is 3.99. The molecule has 1 aromatic carbocycles. The summed E-state index contributed by atoms with van der Waals surface area (Å²) in [6, 6.07) is 5.64. The van der Waals surface area contributed by atoms with Crippen molar-refractivity contribution in [2.45, 2.75) is 6.92 Å². The molecule has 1 heterocycles. The molecule has 0 aliphatic heterocycles. The molecule has 0 aliphatic carbocycles. The Morgan fingerprint density at radius 1 is 1.33 bits per heavy atom. The predicted molar refractivity (Wildman–Crippen MR) is 65.7 cm³/mol. The summed E-state index contributed by atoms with van der Waals surface area (Å²) in [4.78, 5) is 4.40. The lowest BCUT2D eigenvalue weighted by atomic mass is 10.2. The Hall–Kier alpha value is -0.800. The lowest BCUT2D eigenvalue weighted by molar-refractivity contribution is 0.412. The molecule has 0 fully saturated rings. The zero-order chi connectivity index (χ0) is 11.0. The van der Waals surface area contributed by atoms with E-state index in [0.717, 1.165) is 26.8 Å². The van der Waals surface area contributed by atoms with Crippen molar-refractivity contribution in [2.75, 3.05) is 7.11 Å². The molecule has 2 rings (SSSR count). The van der Waals surface area contributed by atoms with Crippen LogP contribution in [0.15, 0.2) is 22.7 Å². The first-order chi connectivity index (χ1) is 7.11. The van der Waals surface area contributed by atoms with Gasteiger partial charge in [0.25, 0.3) is 0 Å². The van der Waals surface area contributed by atoms with Gasteiger partial charge < -0.3 is 4.74 Å². The van der Waals surface area contributed by atoms with E-state index in [9.17, 15) is 0 Å². The molecule has 0 radical (unpaired) electrons. The summed E-state index contributed by atoms with van der Waals surface area (Å²) in [5.41, 5.74) is 1.75. The zero-order valence-corrected chi connectivity index (χ0v) is 10.7. The lowest BCUT2D eigenvalue weighted by Crippen LogP contribution is -1.89. The van der Waals surface area contributed by atoms with E-state index in [2.05, 4.69) is 20.9 Å². The second-order valence-electron chi connectivity index (χ2n) is 3.25. The summed E-state index contributed by atoms with van der Waals surface area (Å²) in [5, 5.41) is 1.63. The fourth-order valence-corrected chi connectivity index (χ4v) is 2.28. The van der Waals surface area contributed by atoms with Crippen LogP contribution in [0.1, 0.15) is 5.69 Å². The molecule has 0 bridgehead atoms. The number of aromatic nitrogens is 1. The van der Waals surface area contributed by atoms with Crippen LogP contribution in [0.25, 0.3) is 10.9 Å². The highest BCUT2D eigenvalue weighted by Gasteiger charge is 2.07. The Labute approximate surface area is 101 Å². The van der Waals surface area contributed by atoms with E-state index in [4.69, 9.17) is 16.3 Å². The van der Waals surface area contributed by atoms with Crippen LogP contribution >= 0.6 is 27.5 Å². The van der Waals surface area contributed by atoms with Gasteiger partial charge in [-0.1, -0.05) is 11.6 Å². The maximum absolute atomic E-state index is 6.13. The molecule has 0 saturated heterocycles. The van der Waals surface area contributed by atoms with Crippen molar-refractivity contribution in [2.24, 2.45) is 0 Å². The van der Waals surface area contributed by atoms with Gasteiger partial charge in [0.1, 0.15) is 5.75 Å². The highest BCUT2D eigenvalue weighted by molar-refractivity contribution is 9.10. The maximum Gasteiger partial charge on any atom is 0.135 e. The summed E-state index contributed by atoms with van der Waals surface area (Å²) >= 11 is 9.55. The average Bonchev–Trinajstić information content (AvgIpc) is 2.18. The van der Waals surface area contributed by atoms with Gasteiger partial charge in [-0.25, -0.2) is 0 Å². The molecular weight excluding hydrogens is 277 g/mol. The highest BCUT2D eigenvalue weighted by atomic mass is 79.9. The molecule has 0 amide bonds. The van der Waals surface area contributed by atoms with Crippen molar-refractivity contribution in [3.63, 3.8) is 0 Å². The van der Waals surface area contributed by atoms with Gasteiger partial charge in [0.05, 0.1) is 22.1 Å². The minimum absolute atomic E-state index is 0.709. The van der Waals surface area contributed by atoms with Gasteiger partial charge in [0.15, 0.2) is 0 Å². The van der Waals surface area contributed by atoms with Crippen LogP contribution in [0.3, 0.4) is 0 Å². The number of halogens is 2. The molecule has 0 spiro atoms. The summed E-state index contributed by atoms with van der Waals surface area (Å²) in [7, 11) is 1.63. The van der Waals surface area contributed by atoms with Crippen LogP contribution in [0.4, 0.5) is 0 Å². The maximum atomic E-state index is 6.13. The fraction of sp³-hybridized carbons (Fsp3) is 0.182. The van der Waals surface area contributed by atoms with Gasteiger partial charge in [-0.05, 0) is 35.0 Å². The monoisotopic (exact) mass is 285 g/mol. The summed E-state index contributed by atoms with van der Waals surface area (Å²) in [6.07, 6.45) is 0. The predicted octanol–water partition coefficient (Wildman–Crippen LogP) is 3.97. The third kappa shape index (κ3) is 1.94. The van der Waals surface area contributed by atoms with Gasteiger partial charge in [0.2, 0.25) is 0 Å². The van der Waals surface area contributed by atoms with Gasteiger partial charge >= 0.3 is 0 Å². The van der Waals surface area contributed by atoms with E-state index in [1.807, 2.05) is 25.1 Å². The molecule has 15 heavy (non-hydrogen) atoms. The van der Waals surface area contributed by atoms with Crippen LogP contribution in [-0.4, -0.2) is 12.1 Å². The molecular formula is C11H9BrClNO. The summed E-state index contributed by atoms with van der Waals surface area (Å²) in [5.74, 6) is 0.761. The number of fused-ring (bicyclic) bond motifs is 1. The fourth-order valence-electron chi connectivity index (χ4n) is 1.47. The quantitative estimate of drug-likeness (QED) is 0.791. The minimum Gasteiger partial charge on any atom is -0.495 e. The van der Waals surface area contributed by atoms with Gasteiger partial charge in [-0.15, -0.1) is 0 Å².